The molecule has 1 aliphatic rings. The molecular formula is C26H22ClFN5O2+. The van der Waals surface area contributed by atoms with Crippen LogP contribution >= 0.6 is 0 Å². The topological polar surface area (TPSA) is 89.0 Å². The molecule has 0 bridgehead atoms. The summed E-state index contributed by atoms with van der Waals surface area (Å²) in [5, 5.41) is 6.60. The van der Waals surface area contributed by atoms with Crippen LogP contribution in [0.1, 0.15) is 28.8 Å². The standard InChI is InChI=1S/C26H21ClFN5O2/c27-17-6-9-21(28)19(12-17)24-30-14-23(35-15-16-4-2-1-3-5-16)25(33-24)32-22-10-11-29-13-20(22)26(34)31-18-7-8-18/h1-6,9-14,18,27H,7-8,15H2,(H-,29,30,31,32,33,34)/p+1. The Morgan fingerprint density at radius 3 is 2.74 bits per heavy atom. The first kappa shape index (κ1) is 22.7. The average molecular weight is 491 g/mol. The van der Waals surface area contributed by atoms with Gasteiger partial charge in [-0.1, -0.05) is 30.3 Å². The summed E-state index contributed by atoms with van der Waals surface area (Å²) in [5.74, 6) is 0.0522. The van der Waals surface area contributed by atoms with Gasteiger partial charge in [0.1, 0.15) is 12.4 Å². The van der Waals surface area contributed by atoms with E-state index in [-0.39, 0.29) is 35.8 Å². The Morgan fingerprint density at radius 2 is 1.94 bits per heavy atom. The minimum absolute atomic E-state index is 0.141. The number of halogens is 2. The predicted molar refractivity (Wildman–Crippen MR) is 127 cm³/mol. The summed E-state index contributed by atoms with van der Waals surface area (Å²) in [6, 6.07) is 15.8. The number of hydrogen-bond donors (Lipinski definition) is 2. The fraction of sp³-hybridized carbons (Fsp3) is 0.154. The van der Waals surface area contributed by atoms with Crippen LogP contribution in [0.15, 0.2) is 73.2 Å². The molecule has 1 aliphatic carbocycles. The molecule has 0 unspecified atom stereocenters. The molecule has 2 aromatic heterocycles. The number of aromatic nitrogens is 3. The molecule has 2 aromatic carbocycles. The van der Waals surface area contributed by atoms with Gasteiger partial charge in [0.05, 0.1) is 23.0 Å². The maximum absolute atomic E-state index is 14.5. The van der Waals surface area contributed by atoms with E-state index in [1.807, 2.05) is 30.3 Å². The maximum Gasteiger partial charge on any atom is 0.255 e. The molecule has 1 fully saturated rings. The van der Waals surface area contributed by atoms with E-state index in [2.05, 4.69) is 25.6 Å². The van der Waals surface area contributed by atoms with E-state index in [1.54, 1.807) is 12.3 Å². The quantitative estimate of drug-likeness (QED) is 0.375. The molecule has 0 radical (unpaired) electrons. The van der Waals surface area contributed by atoms with Crippen LogP contribution < -0.4 is 15.4 Å². The Hall–Kier alpha value is -4.04. The van der Waals surface area contributed by atoms with E-state index in [9.17, 15) is 9.18 Å². The first-order valence-corrected chi connectivity index (χ1v) is 11.5. The number of nitrogens with zero attached hydrogens (tertiary/aromatic N) is 3. The molecule has 1 saturated carbocycles. The number of hydrogen-bond acceptors (Lipinski definition) is 6. The lowest BCUT2D eigenvalue weighted by Crippen LogP contribution is -2.26. The van der Waals surface area contributed by atoms with Gasteiger partial charge < -0.3 is 15.4 Å². The summed E-state index contributed by atoms with van der Waals surface area (Å²) in [6.07, 6.45) is 6.48. The Balaban J connectivity index is 1.50. The third kappa shape index (κ3) is 5.55. The van der Waals surface area contributed by atoms with Gasteiger partial charge in [-0.05, 0) is 30.5 Å². The molecular weight excluding hydrogens is 469 g/mol. The molecule has 2 heterocycles. The molecule has 0 saturated heterocycles. The van der Waals surface area contributed by atoms with Crippen molar-refractivity contribution in [2.45, 2.75) is 25.5 Å². The van der Waals surface area contributed by atoms with Crippen molar-refractivity contribution in [3.8, 4) is 17.1 Å². The van der Waals surface area contributed by atoms with Gasteiger partial charge in [0.2, 0.25) is 5.02 Å². The second-order valence-electron chi connectivity index (χ2n) is 8.12. The minimum Gasteiger partial charge on any atom is -0.483 e. The molecule has 0 atom stereocenters. The van der Waals surface area contributed by atoms with Crippen molar-refractivity contribution >= 4 is 17.4 Å². The molecule has 0 spiro atoms. The van der Waals surface area contributed by atoms with E-state index in [1.165, 1.54) is 30.6 Å². The number of carbonyl (C=O) groups excluding carboxylic acids is 1. The van der Waals surface area contributed by atoms with Crippen LogP contribution in [0.4, 0.5) is 15.9 Å². The van der Waals surface area contributed by atoms with E-state index in [4.69, 9.17) is 16.3 Å². The Labute approximate surface area is 206 Å². The normalized spacial score (nSPS) is 12.7. The van der Waals surface area contributed by atoms with E-state index >= 15 is 0 Å². The summed E-state index contributed by atoms with van der Waals surface area (Å²) in [7, 11) is 0. The molecule has 2 N–H and O–H groups in total. The van der Waals surface area contributed by atoms with Crippen LogP contribution in [-0.4, -0.2) is 26.9 Å². The summed E-state index contributed by atoms with van der Waals surface area (Å²) >= 11 is 5.19. The molecule has 4 aromatic rings. The van der Waals surface area contributed by atoms with Crippen molar-refractivity contribution in [3.63, 3.8) is 0 Å². The lowest BCUT2D eigenvalue weighted by Gasteiger charge is -2.15. The summed E-state index contributed by atoms with van der Waals surface area (Å²) in [6.45, 7) is 0.277. The minimum atomic E-state index is -0.490. The van der Waals surface area contributed by atoms with Gasteiger partial charge in [0.15, 0.2) is 29.0 Å². The molecule has 0 aliphatic heterocycles. The predicted octanol–water partition coefficient (Wildman–Crippen LogP) is 4.59. The van der Waals surface area contributed by atoms with E-state index < -0.39 is 5.82 Å². The average Bonchev–Trinajstić information content (AvgIpc) is 3.69. The lowest BCUT2D eigenvalue weighted by atomic mass is 10.2. The first-order chi connectivity index (χ1) is 17.1. The van der Waals surface area contributed by atoms with Crippen molar-refractivity contribution in [1.29, 1.82) is 0 Å². The zero-order chi connectivity index (χ0) is 24.2. The van der Waals surface area contributed by atoms with Crippen molar-refractivity contribution in [3.05, 3.63) is 95.2 Å². The van der Waals surface area contributed by atoms with Crippen LogP contribution in [0.2, 0.25) is 5.02 Å². The zero-order valence-electron chi connectivity index (χ0n) is 18.6. The van der Waals surface area contributed by atoms with Gasteiger partial charge in [0.25, 0.3) is 5.91 Å². The second-order valence-corrected chi connectivity index (χ2v) is 8.59. The highest BCUT2D eigenvalue weighted by Crippen LogP contribution is 2.31. The highest BCUT2D eigenvalue weighted by Gasteiger charge is 2.25. The molecule has 9 heteroatoms. The third-order valence-electron chi connectivity index (χ3n) is 5.40. The number of ether oxygens (including phenoxy) is 1. The number of amides is 1. The summed E-state index contributed by atoms with van der Waals surface area (Å²) in [5.41, 5.74) is 1.99. The van der Waals surface area contributed by atoms with Crippen LogP contribution in [0.3, 0.4) is 0 Å². The Kier molecular flexibility index (Phi) is 6.54. The number of anilines is 2. The number of benzene rings is 2. The van der Waals surface area contributed by atoms with E-state index in [0.29, 0.717) is 22.0 Å². The number of carbonyl (C=O) groups is 1. The highest BCUT2D eigenvalue weighted by molar-refractivity contribution is 6.00. The number of rotatable bonds is 8. The van der Waals surface area contributed by atoms with Crippen LogP contribution in [0.25, 0.3) is 11.4 Å². The largest absolute Gasteiger partial charge is 0.483 e. The van der Waals surface area contributed by atoms with Gasteiger partial charge in [0, 0.05) is 30.6 Å². The second kappa shape index (κ2) is 10.1. The van der Waals surface area contributed by atoms with Crippen LogP contribution in [-0.2, 0) is 6.61 Å². The highest BCUT2D eigenvalue weighted by atomic mass is 35.5. The first-order valence-electron chi connectivity index (χ1n) is 11.1. The maximum atomic E-state index is 14.5. The van der Waals surface area contributed by atoms with Crippen molar-refractivity contribution in [2.24, 2.45) is 0 Å². The Bertz CT molecular complexity index is 1370. The molecule has 35 heavy (non-hydrogen) atoms. The van der Waals surface area contributed by atoms with Crippen molar-refractivity contribution < 1.29 is 25.5 Å². The Morgan fingerprint density at radius 1 is 1.11 bits per heavy atom. The number of nitrogens with one attached hydrogen (secondary N) is 2. The summed E-state index contributed by atoms with van der Waals surface area (Å²) < 4.78 is 20.5. The van der Waals surface area contributed by atoms with Crippen LogP contribution in [0, 0.1) is 17.4 Å². The molecule has 5 rings (SSSR count). The fourth-order valence-corrected chi connectivity index (χ4v) is 3.60. The lowest BCUT2D eigenvalue weighted by molar-refractivity contribution is -0.288. The fourth-order valence-electron chi connectivity index (χ4n) is 3.41. The van der Waals surface area contributed by atoms with Gasteiger partial charge in [-0.15, -0.1) is 0 Å². The zero-order valence-corrected chi connectivity index (χ0v) is 19.4. The SMILES string of the molecule is O=C(NC1CC1)c1cnccc1Nc1nc(-c2cc([ClH+])ccc2F)ncc1OCc1ccccc1. The monoisotopic (exact) mass is 490 g/mol. The van der Waals surface area contributed by atoms with E-state index in [0.717, 1.165) is 18.4 Å². The summed E-state index contributed by atoms with van der Waals surface area (Å²) in [4.78, 5) is 25.7. The van der Waals surface area contributed by atoms with Crippen molar-refractivity contribution in [1.82, 2.24) is 20.3 Å². The molecule has 7 nitrogen and oxygen atoms in total. The van der Waals surface area contributed by atoms with Crippen molar-refractivity contribution in [2.75, 3.05) is 5.32 Å². The van der Waals surface area contributed by atoms with Gasteiger partial charge in [-0.2, -0.15) is 0 Å². The van der Waals surface area contributed by atoms with Gasteiger partial charge in [-0.25, -0.2) is 14.4 Å². The third-order valence-corrected chi connectivity index (χ3v) is 5.66. The van der Waals surface area contributed by atoms with Gasteiger partial charge >= 0.3 is 0 Å². The number of pyridine rings is 1. The smallest absolute Gasteiger partial charge is 0.255 e. The molecule has 1 amide bonds. The van der Waals surface area contributed by atoms with Gasteiger partial charge in [-0.3, -0.25) is 9.78 Å². The molecule has 176 valence electrons. The van der Waals surface area contributed by atoms with Crippen LogP contribution in [0.5, 0.6) is 5.75 Å².